The average molecular weight is 216 g/mol. The van der Waals surface area contributed by atoms with Crippen LogP contribution in [-0.2, 0) is 0 Å². The van der Waals surface area contributed by atoms with Crippen LogP contribution in [0.15, 0.2) is 16.8 Å². The first kappa shape index (κ1) is 8.70. The molecule has 0 saturated heterocycles. The van der Waals surface area contributed by atoms with E-state index >= 15 is 0 Å². The highest BCUT2D eigenvalue weighted by molar-refractivity contribution is 6.33. The zero-order chi connectivity index (χ0) is 10.3. The summed E-state index contributed by atoms with van der Waals surface area (Å²) in [7, 11) is 0. The molecule has 0 aliphatic carbocycles. The Bertz CT molecular complexity index is 523. The van der Waals surface area contributed by atoms with Gasteiger partial charge in [0.1, 0.15) is 5.02 Å². The Hall–Kier alpha value is -1.89. The Morgan fingerprint density at radius 2 is 2.29 bits per heavy atom. The van der Waals surface area contributed by atoms with Gasteiger partial charge in [-0.05, 0) is 17.0 Å². The summed E-state index contributed by atoms with van der Waals surface area (Å²) in [5, 5.41) is 24.8. The van der Waals surface area contributed by atoms with Crippen molar-refractivity contribution in [3.8, 4) is 0 Å². The third-order valence-corrected chi connectivity index (χ3v) is 1.96. The second kappa shape index (κ2) is 2.81. The van der Waals surface area contributed by atoms with Crippen LogP contribution in [0.1, 0.15) is 0 Å². The van der Waals surface area contributed by atoms with Gasteiger partial charge in [0, 0.05) is 5.16 Å². The SMILES string of the molecule is O=[N+]([O-])c1c(Cl)ccc2no[n+]([O-])c12. The van der Waals surface area contributed by atoms with Crippen LogP contribution < -0.4 is 4.90 Å². The first-order valence-corrected chi connectivity index (χ1v) is 3.81. The van der Waals surface area contributed by atoms with Gasteiger partial charge >= 0.3 is 11.2 Å². The minimum atomic E-state index is -0.754. The summed E-state index contributed by atoms with van der Waals surface area (Å²) < 4.78 is 4.21. The zero-order valence-corrected chi connectivity index (χ0v) is 7.26. The fraction of sp³-hybridized carbons (Fsp3) is 0. The van der Waals surface area contributed by atoms with Crippen LogP contribution in [-0.4, -0.2) is 10.1 Å². The van der Waals surface area contributed by atoms with E-state index < -0.39 is 10.6 Å². The molecule has 72 valence electrons. The second-order valence-corrected chi connectivity index (χ2v) is 2.86. The molecule has 1 aromatic heterocycles. The molecule has 0 unspecified atom stereocenters. The maximum absolute atomic E-state index is 11.0. The highest BCUT2D eigenvalue weighted by Gasteiger charge is 2.26. The van der Waals surface area contributed by atoms with Crippen molar-refractivity contribution >= 4 is 28.3 Å². The highest BCUT2D eigenvalue weighted by Crippen LogP contribution is 2.29. The molecule has 0 amide bonds. The van der Waals surface area contributed by atoms with Gasteiger partial charge in [-0.25, -0.2) is 0 Å². The van der Waals surface area contributed by atoms with Crippen molar-refractivity contribution in [2.75, 3.05) is 0 Å². The van der Waals surface area contributed by atoms with Gasteiger partial charge in [-0.1, -0.05) is 11.6 Å². The van der Waals surface area contributed by atoms with E-state index in [9.17, 15) is 15.3 Å². The second-order valence-electron chi connectivity index (χ2n) is 2.45. The van der Waals surface area contributed by atoms with Gasteiger partial charge in [0.05, 0.1) is 4.92 Å². The van der Waals surface area contributed by atoms with E-state index in [1.54, 1.807) is 0 Å². The third-order valence-electron chi connectivity index (χ3n) is 1.66. The number of hydrogen-bond acceptors (Lipinski definition) is 5. The lowest BCUT2D eigenvalue weighted by Gasteiger charge is -1.93. The van der Waals surface area contributed by atoms with Crippen molar-refractivity contribution in [3.63, 3.8) is 0 Å². The minimum Gasteiger partial charge on any atom is -0.359 e. The molecule has 2 aromatic rings. The Balaban J connectivity index is 2.94. The van der Waals surface area contributed by atoms with Gasteiger partial charge in [-0.15, -0.1) is 0 Å². The van der Waals surface area contributed by atoms with Crippen LogP contribution in [0.25, 0.3) is 11.0 Å². The minimum absolute atomic E-state index is 0.0423. The van der Waals surface area contributed by atoms with Crippen LogP contribution in [0.4, 0.5) is 5.69 Å². The average Bonchev–Trinajstić information content (AvgIpc) is 2.47. The largest absolute Gasteiger partial charge is 0.359 e. The number of benzene rings is 1. The number of nitro groups is 1. The van der Waals surface area contributed by atoms with Crippen LogP contribution >= 0.6 is 11.6 Å². The third kappa shape index (κ3) is 1.06. The summed E-state index contributed by atoms with van der Waals surface area (Å²) >= 11 is 5.56. The van der Waals surface area contributed by atoms with E-state index in [1.807, 2.05) is 0 Å². The fourth-order valence-corrected chi connectivity index (χ4v) is 1.32. The van der Waals surface area contributed by atoms with Gasteiger partial charge in [-0.2, -0.15) is 0 Å². The number of fused-ring (bicyclic) bond motifs is 1. The lowest BCUT2D eigenvalue weighted by Crippen LogP contribution is -2.23. The van der Waals surface area contributed by atoms with Crippen LogP contribution in [0.3, 0.4) is 0 Å². The normalized spacial score (nSPS) is 10.6. The number of rotatable bonds is 1. The predicted molar refractivity (Wildman–Crippen MR) is 44.6 cm³/mol. The summed E-state index contributed by atoms with van der Waals surface area (Å²) in [6.45, 7) is 0. The number of hydrogen-bond donors (Lipinski definition) is 0. The summed E-state index contributed by atoms with van der Waals surface area (Å²) in [6.07, 6.45) is 0. The van der Waals surface area contributed by atoms with Gasteiger partial charge in [0.2, 0.25) is 0 Å². The summed E-state index contributed by atoms with van der Waals surface area (Å²) in [5.74, 6) is 0. The molecule has 8 heteroatoms. The van der Waals surface area contributed by atoms with Crippen LogP contribution in [0.5, 0.6) is 0 Å². The van der Waals surface area contributed by atoms with Crippen molar-refractivity contribution < 1.29 is 14.5 Å². The van der Waals surface area contributed by atoms with Crippen LogP contribution in [0, 0.1) is 15.3 Å². The summed E-state index contributed by atoms with van der Waals surface area (Å²) in [6, 6.07) is 2.65. The van der Waals surface area contributed by atoms with Crippen molar-refractivity contribution in [2.45, 2.75) is 0 Å². The fourth-order valence-electron chi connectivity index (χ4n) is 1.09. The molecule has 0 N–H and O–H groups in total. The van der Waals surface area contributed by atoms with Gasteiger partial charge in [-0.3, -0.25) is 14.7 Å². The maximum atomic E-state index is 11.0. The molecule has 1 aromatic carbocycles. The number of nitro benzene ring substituents is 1. The van der Waals surface area contributed by atoms with E-state index in [4.69, 9.17) is 11.6 Å². The van der Waals surface area contributed by atoms with Gasteiger partial charge in [0.25, 0.3) is 5.52 Å². The molecule has 0 aliphatic rings. The zero-order valence-electron chi connectivity index (χ0n) is 6.51. The molecule has 14 heavy (non-hydrogen) atoms. The molecular weight excluding hydrogens is 214 g/mol. The standard InChI is InChI=1S/C6H2ClN3O4/c7-3-1-2-4-6(5(3)9(11)12)10(13)14-8-4/h1-2H. The molecule has 7 nitrogen and oxygen atoms in total. The first-order chi connectivity index (χ1) is 6.61. The molecule has 0 atom stereocenters. The van der Waals surface area contributed by atoms with E-state index in [-0.39, 0.29) is 21.0 Å². The lowest BCUT2D eigenvalue weighted by molar-refractivity contribution is -0.783. The quantitative estimate of drug-likeness (QED) is 0.402. The Morgan fingerprint density at radius 1 is 1.57 bits per heavy atom. The Labute approximate surface area is 81.2 Å². The highest BCUT2D eigenvalue weighted by atomic mass is 35.5. The smallest absolute Gasteiger partial charge is 0.343 e. The Kier molecular flexibility index (Phi) is 1.74. The molecule has 1 heterocycles. The molecule has 0 fully saturated rings. The predicted octanol–water partition coefficient (Wildman–Crippen LogP) is 1.02. The monoisotopic (exact) mass is 215 g/mol. The van der Waals surface area contributed by atoms with E-state index in [0.29, 0.717) is 0 Å². The molecular formula is C6H2ClN3O4. The molecule has 0 spiro atoms. The number of nitrogens with zero attached hydrogens (tertiary/aromatic N) is 3. The summed E-state index contributed by atoms with van der Waals surface area (Å²) in [4.78, 5) is 9.79. The van der Waals surface area contributed by atoms with Crippen molar-refractivity contribution in [2.24, 2.45) is 0 Å². The van der Waals surface area contributed by atoms with Gasteiger partial charge < -0.3 is 5.21 Å². The van der Waals surface area contributed by atoms with Crippen LogP contribution in [0.2, 0.25) is 5.02 Å². The lowest BCUT2D eigenvalue weighted by atomic mass is 10.3. The molecule has 0 aliphatic heterocycles. The number of aromatic nitrogens is 2. The van der Waals surface area contributed by atoms with Gasteiger partial charge in [0.15, 0.2) is 0 Å². The van der Waals surface area contributed by atoms with E-state index in [2.05, 4.69) is 9.79 Å². The number of halogens is 1. The van der Waals surface area contributed by atoms with Crippen molar-refractivity contribution in [1.82, 2.24) is 5.16 Å². The van der Waals surface area contributed by atoms with Crippen molar-refractivity contribution in [3.05, 3.63) is 32.5 Å². The van der Waals surface area contributed by atoms with Crippen molar-refractivity contribution in [1.29, 1.82) is 0 Å². The topological polar surface area (TPSA) is 96.1 Å². The first-order valence-electron chi connectivity index (χ1n) is 3.43. The molecule has 0 radical (unpaired) electrons. The molecule has 2 rings (SSSR count). The Morgan fingerprint density at radius 3 is 2.93 bits per heavy atom. The van der Waals surface area contributed by atoms with E-state index in [1.165, 1.54) is 12.1 Å². The molecule has 0 bridgehead atoms. The molecule has 0 saturated carbocycles. The van der Waals surface area contributed by atoms with E-state index in [0.717, 1.165) is 0 Å². The maximum Gasteiger partial charge on any atom is 0.343 e. The summed E-state index contributed by atoms with van der Waals surface area (Å²) in [5.41, 5.74) is -0.681.